The highest BCUT2D eigenvalue weighted by Crippen LogP contribution is 2.11. The van der Waals surface area contributed by atoms with E-state index in [0.717, 1.165) is 25.2 Å². The molecule has 20 heavy (non-hydrogen) atoms. The molecule has 1 aliphatic heterocycles. The molecule has 0 unspecified atom stereocenters. The Morgan fingerprint density at radius 2 is 2.10 bits per heavy atom. The summed E-state index contributed by atoms with van der Waals surface area (Å²) < 4.78 is 7.48. The lowest BCUT2D eigenvalue weighted by Crippen LogP contribution is -2.46. The molecule has 0 bridgehead atoms. The van der Waals surface area contributed by atoms with Crippen molar-refractivity contribution in [2.45, 2.75) is 32.6 Å². The average molecular weight is 276 g/mol. The van der Waals surface area contributed by atoms with Crippen LogP contribution in [-0.4, -0.2) is 51.3 Å². The number of pyridine rings is 1. The van der Waals surface area contributed by atoms with Crippen molar-refractivity contribution in [3.05, 3.63) is 28.8 Å². The number of ether oxygens (including phenoxy) is 1. The number of morpholine rings is 1. The summed E-state index contributed by atoms with van der Waals surface area (Å²) in [4.78, 5) is 21.3. The Balaban J connectivity index is 1.74. The van der Waals surface area contributed by atoms with Crippen molar-refractivity contribution < 1.29 is 4.74 Å². The minimum absolute atomic E-state index is 0.0898. The first-order chi connectivity index (χ1) is 9.63. The van der Waals surface area contributed by atoms with E-state index in [-0.39, 0.29) is 17.9 Å². The predicted octanol–water partition coefficient (Wildman–Crippen LogP) is 0.834. The molecule has 2 atom stereocenters. The van der Waals surface area contributed by atoms with E-state index in [1.807, 2.05) is 12.1 Å². The van der Waals surface area contributed by atoms with E-state index >= 15 is 0 Å². The summed E-state index contributed by atoms with van der Waals surface area (Å²) in [7, 11) is 0. The van der Waals surface area contributed by atoms with E-state index in [4.69, 9.17) is 4.74 Å². The van der Waals surface area contributed by atoms with Gasteiger partial charge >= 0.3 is 5.69 Å². The number of rotatable bonds is 3. The first-order valence-corrected chi connectivity index (χ1v) is 7.05. The number of nitrogens with zero attached hydrogens (tertiary/aromatic N) is 3. The van der Waals surface area contributed by atoms with Gasteiger partial charge in [0.05, 0.1) is 17.7 Å². The van der Waals surface area contributed by atoms with E-state index in [2.05, 4.69) is 28.7 Å². The SMILES string of the molecule is C[C@@H]1CN(CCn2c(=O)[nH]c3ncccc32)C[C@H](C)O1. The van der Waals surface area contributed by atoms with Crippen LogP contribution in [0.3, 0.4) is 0 Å². The highest BCUT2D eigenvalue weighted by molar-refractivity contribution is 5.70. The number of fused-ring (bicyclic) bond motifs is 1. The van der Waals surface area contributed by atoms with Crippen LogP contribution < -0.4 is 5.69 Å². The van der Waals surface area contributed by atoms with Crippen LogP contribution in [0.25, 0.3) is 11.2 Å². The molecule has 1 saturated heterocycles. The van der Waals surface area contributed by atoms with Crippen LogP contribution >= 0.6 is 0 Å². The van der Waals surface area contributed by atoms with Gasteiger partial charge in [0.2, 0.25) is 0 Å². The molecular formula is C14H20N4O2. The smallest absolute Gasteiger partial charge is 0.327 e. The molecule has 0 radical (unpaired) electrons. The standard InChI is InChI=1S/C14H20N4O2/c1-10-8-17(9-11(2)20-10)6-7-18-12-4-3-5-15-13(12)16-14(18)19/h3-5,10-11H,6-9H2,1-2H3,(H,15,16,19)/t10-,11+. The first-order valence-electron chi connectivity index (χ1n) is 7.05. The second-order valence-electron chi connectivity index (χ2n) is 5.47. The van der Waals surface area contributed by atoms with Crippen LogP contribution in [0.4, 0.5) is 0 Å². The van der Waals surface area contributed by atoms with Crippen molar-refractivity contribution in [1.82, 2.24) is 19.4 Å². The maximum absolute atomic E-state index is 12.0. The fourth-order valence-corrected chi connectivity index (χ4v) is 2.92. The monoisotopic (exact) mass is 276 g/mol. The van der Waals surface area contributed by atoms with E-state index in [1.54, 1.807) is 10.8 Å². The van der Waals surface area contributed by atoms with Gasteiger partial charge in [-0.2, -0.15) is 0 Å². The molecule has 2 aromatic rings. The second kappa shape index (κ2) is 5.38. The third kappa shape index (κ3) is 2.62. The van der Waals surface area contributed by atoms with Crippen molar-refractivity contribution in [1.29, 1.82) is 0 Å². The fraction of sp³-hybridized carbons (Fsp3) is 0.571. The Bertz CT molecular complexity index is 638. The van der Waals surface area contributed by atoms with Gasteiger partial charge < -0.3 is 4.74 Å². The summed E-state index contributed by atoms with van der Waals surface area (Å²) in [6.45, 7) is 7.53. The fourth-order valence-electron chi connectivity index (χ4n) is 2.92. The second-order valence-corrected chi connectivity index (χ2v) is 5.47. The summed E-state index contributed by atoms with van der Waals surface area (Å²) in [5.74, 6) is 0. The van der Waals surface area contributed by atoms with Gasteiger partial charge in [0.1, 0.15) is 0 Å². The molecule has 0 aliphatic carbocycles. The van der Waals surface area contributed by atoms with E-state index in [1.165, 1.54) is 0 Å². The third-order valence-corrected chi connectivity index (χ3v) is 3.68. The third-order valence-electron chi connectivity index (χ3n) is 3.68. The normalized spacial score (nSPS) is 24.3. The number of aromatic amines is 1. The van der Waals surface area contributed by atoms with Gasteiger partial charge in [-0.15, -0.1) is 0 Å². The molecule has 6 heteroatoms. The number of H-pyrrole nitrogens is 1. The number of aromatic nitrogens is 3. The van der Waals surface area contributed by atoms with Crippen LogP contribution in [-0.2, 0) is 11.3 Å². The van der Waals surface area contributed by atoms with Gasteiger partial charge in [-0.3, -0.25) is 14.5 Å². The zero-order valence-electron chi connectivity index (χ0n) is 11.9. The Morgan fingerprint density at radius 1 is 1.35 bits per heavy atom. The van der Waals surface area contributed by atoms with Crippen molar-refractivity contribution >= 4 is 11.2 Å². The van der Waals surface area contributed by atoms with Crippen LogP contribution in [0.15, 0.2) is 23.1 Å². The highest BCUT2D eigenvalue weighted by Gasteiger charge is 2.22. The summed E-state index contributed by atoms with van der Waals surface area (Å²) >= 11 is 0. The average Bonchev–Trinajstić information content (AvgIpc) is 2.71. The topological polar surface area (TPSA) is 63.2 Å². The lowest BCUT2D eigenvalue weighted by atomic mass is 10.2. The van der Waals surface area contributed by atoms with E-state index < -0.39 is 0 Å². The molecule has 2 aromatic heterocycles. The predicted molar refractivity (Wildman–Crippen MR) is 76.8 cm³/mol. The summed E-state index contributed by atoms with van der Waals surface area (Å²) in [5, 5.41) is 0. The molecule has 1 aliphatic rings. The molecule has 108 valence electrons. The van der Waals surface area contributed by atoms with Crippen molar-refractivity contribution in [2.75, 3.05) is 19.6 Å². The van der Waals surface area contributed by atoms with Crippen molar-refractivity contribution in [2.24, 2.45) is 0 Å². The molecule has 0 aromatic carbocycles. The molecule has 3 heterocycles. The van der Waals surface area contributed by atoms with Crippen LogP contribution in [0.5, 0.6) is 0 Å². The van der Waals surface area contributed by atoms with Gasteiger partial charge in [-0.25, -0.2) is 9.78 Å². The molecule has 1 N–H and O–H groups in total. The Labute approximate surface area is 117 Å². The Morgan fingerprint density at radius 3 is 2.85 bits per heavy atom. The minimum atomic E-state index is -0.0898. The van der Waals surface area contributed by atoms with Crippen LogP contribution in [0.1, 0.15) is 13.8 Å². The van der Waals surface area contributed by atoms with Crippen molar-refractivity contribution in [3.8, 4) is 0 Å². The van der Waals surface area contributed by atoms with Gasteiger partial charge in [0.25, 0.3) is 0 Å². The number of nitrogens with one attached hydrogen (secondary N) is 1. The highest BCUT2D eigenvalue weighted by atomic mass is 16.5. The molecule has 1 fully saturated rings. The number of imidazole rings is 1. The number of hydrogen-bond donors (Lipinski definition) is 1. The lowest BCUT2D eigenvalue weighted by Gasteiger charge is -2.35. The van der Waals surface area contributed by atoms with Crippen LogP contribution in [0, 0.1) is 0 Å². The molecule has 3 rings (SSSR count). The largest absolute Gasteiger partial charge is 0.373 e. The molecular weight excluding hydrogens is 256 g/mol. The van der Waals surface area contributed by atoms with E-state index in [9.17, 15) is 4.79 Å². The molecule has 0 saturated carbocycles. The Kier molecular flexibility index (Phi) is 3.58. The Hall–Kier alpha value is -1.66. The lowest BCUT2D eigenvalue weighted by molar-refractivity contribution is -0.0685. The van der Waals surface area contributed by atoms with Crippen molar-refractivity contribution in [3.63, 3.8) is 0 Å². The van der Waals surface area contributed by atoms with Gasteiger partial charge in [-0.05, 0) is 26.0 Å². The maximum Gasteiger partial charge on any atom is 0.327 e. The van der Waals surface area contributed by atoms with E-state index in [0.29, 0.717) is 12.2 Å². The quantitative estimate of drug-likeness (QED) is 0.902. The zero-order valence-corrected chi connectivity index (χ0v) is 11.9. The zero-order chi connectivity index (χ0) is 14.1. The summed E-state index contributed by atoms with van der Waals surface area (Å²) in [5.41, 5.74) is 1.43. The number of hydrogen-bond acceptors (Lipinski definition) is 4. The van der Waals surface area contributed by atoms with Gasteiger partial charge in [-0.1, -0.05) is 0 Å². The van der Waals surface area contributed by atoms with Gasteiger partial charge in [0.15, 0.2) is 5.65 Å². The minimum Gasteiger partial charge on any atom is -0.373 e. The van der Waals surface area contributed by atoms with Crippen LogP contribution in [0.2, 0.25) is 0 Å². The maximum atomic E-state index is 12.0. The first kappa shape index (κ1) is 13.3. The summed E-state index contributed by atoms with van der Waals surface area (Å²) in [6, 6.07) is 3.77. The molecule has 0 spiro atoms. The summed E-state index contributed by atoms with van der Waals surface area (Å²) in [6.07, 6.45) is 2.19. The molecule has 0 amide bonds. The molecule has 6 nitrogen and oxygen atoms in total. The van der Waals surface area contributed by atoms with Gasteiger partial charge in [0, 0.05) is 32.4 Å².